The summed E-state index contributed by atoms with van der Waals surface area (Å²) >= 11 is 0. The van der Waals surface area contributed by atoms with Crippen LogP contribution >= 0.6 is 0 Å². The zero-order valence-corrected chi connectivity index (χ0v) is 10.6. The molecule has 1 aliphatic rings. The standard InChI is InChI=1S/C14H18N2O2/c1-2-3-4-7-15-14(18)10-5-6-12-11(8-10)9-13(17)16-12/h5-6,8H,2-4,7,9H2,1H3,(H,15,18)(H,16,17). The van der Waals surface area contributed by atoms with E-state index < -0.39 is 0 Å². The molecule has 0 spiro atoms. The van der Waals surface area contributed by atoms with Gasteiger partial charge in [-0.15, -0.1) is 0 Å². The maximum absolute atomic E-state index is 11.9. The minimum Gasteiger partial charge on any atom is -0.352 e. The summed E-state index contributed by atoms with van der Waals surface area (Å²) in [6.07, 6.45) is 3.64. The third kappa shape index (κ3) is 2.88. The van der Waals surface area contributed by atoms with Crippen LogP contribution in [0.3, 0.4) is 0 Å². The van der Waals surface area contributed by atoms with Crippen molar-refractivity contribution in [3.8, 4) is 0 Å². The van der Waals surface area contributed by atoms with Gasteiger partial charge in [-0.25, -0.2) is 0 Å². The van der Waals surface area contributed by atoms with Crippen LogP contribution in [0.4, 0.5) is 5.69 Å². The fourth-order valence-corrected chi connectivity index (χ4v) is 2.05. The molecular weight excluding hydrogens is 228 g/mol. The quantitative estimate of drug-likeness (QED) is 0.782. The molecular formula is C14H18N2O2. The molecule has 0 bridgehead atoms. The largest absolute Gasteiger partial charge is 0.352 e. The molecule has 0 unspecified atom stereocenters. The van der Waals surface area contributed by atoms with Crippen LogP contribution in [0, 0.1) is 0 Å². The molecule has 2 N–H and O–H groups in total. The molecule has 1 aromatic carbocycles. The van der Waals surface area contributed by atoms with Crippen molar-refractivity contribution in [2.24, 2.45) is 0 Å². The summed E-state index contributed by atoms with van der Waals surface area (Å²) in [6, 6.07) is 5.34. The lowest BCUT2D eigenvalue weighted by atomic mass is 10.1. The Morgan fingerprint density at radius 2 is 2.22 bits per heavy atom. The first-order valence-corrected chi connectivity index (χ1v) is 6.41. The van der Waals surface area contributed by atoms with E-state index in [1.165, 1.54) is 0 Å². The van der Waals surface area contributed by atoms with Crippen molar-refractivity contribution in [2.75, 3.05) is 11.9 Å². The summed E-state index contributed by atoms with van der Waals surface area (Å²) in [5.41, 5.74) is 2.35. The molecule has 2 rings (SSSR count). The number of carbonyl (C=O) groups is 2. The highest BCUT2D eigenvalue weighted by atomic mass is 16.2. The SMILES string of the molecule is CCCCCNC(=O)c1ccc2c(c1)CC(=O)N2. The van der Waals surface area contributed by atoms with Gasteiger partial charge in [-0.05, 0) is 30.2 Å². The Hall–Kier alpha value is -1.84. The summed E-state index contributed by atoms with van der Waals surface area (Å²) < 4.78 is 0. The van der Waals surface area contributed by atoms with E-state index in [1.807, 2.05) is 0 Å². The predicted octanol–water partition coefficient (Wildman–Crippen LogP) is 2.10. The van der Waals surface area contributed by atoms with Crippen LogP contribution in [0.15, 0.2) is 18.2 Å². The van der Waals surface area contributed by atoms with Crippen molar-refractivity contribution < 1.29 is 9.59 Å². The highest BCUT2D eigenvalue weighted by Gasteiger charge is 2.18. The third-order valence-corrected chi connectivity index (χ3v) is 3.06. The second kappa shape index (κ2) is 5.67. The Labute approximate surface area is 107 Å². The fourth-order valence-electron chi connectivity index (χ4n) is 2.05. The minimum atomic E-state index is -0.0618. The first kappa shape index (κ1) is 12.6. The number of unbranched alkanes of at least 4 members (excludes halogenated alkanes) is 2. The average molecular weight is 246 g/mol. The average Bonchev–Trinajstić information content (AvgIpc) is 2.73. The Morgan fingerprint density at radius 3 is 3.00 bits per heavy atom. The van der Waals surface area contributed by atoms with E-state index in [2.05, 4.69) is 17.6 Å². The Kier molecular flexibility index (Phi) is 3.97. The number of hydrogen-bond donors (Lipinski definition) is 2. The first-order chi connectivity index (χ1) is 8.70. The van der Waals surface area contributed by atoms with E-state index in [0.29, 0.717) is 18.5 Å². The number of fused-ring (bicyclic) bond motifs is 1. The maximum Gasteiger partial charge on any atom is 0.251 e. The van der Waals surface area contributed by atoms with E-state index in [-0.39, 0.29) is 11.8 Å². The highest BCUT2D eigenvalue weighted by molar-refractivity contribution is 6.01. The number of rotatable bonds is 5. The van der Waals surface area contributed by atoms with E-state index >= 15 is 0 Å². The lowest BCUT2D eigenvalue weighted by molar-refractivity contribution is -0.115. The molecule has 0 fully saturated rings. The van der Waals surface area contributed by atoms with Crippen LogP contribution < -0.4 is 10.6 Å². The van der Waals surface area contributed by atoms with E-state index in [0.717, 1.165) is 30.5 Å². The minimum absolute atomic E-state index is 0.00879. The molecule has 0 aliphatic carbocycles. The molecule has 0 saturated heterocycles. The van der Waals surface area contributed by atoms with Crippen molar-refractivity contribution in [3.63, 3.8) is 0 Å². The lowest BCUT2D eigenvalue weighted by Gasteiger charge is -2.06. The van der Waals surface area contributed by atoms with Gasteiger partial charge in [-0.3, -0.25) is 9.59 Å². The zero-order valence-electron chi connectivity index (χ0n) is 10.6. The molecule has 4 nitrogen and oxygen atoms in total. The number of nitrogens with one attached hydrogen (secondary N) is 2. The summed E-state index contributed by atoms with van der Waals surface area (Å²) in [6.45, 7) is 2.84. The van der Waals surface area contributed by atoms with Gasteiger partial charge in [0.1, 0.15) is 0 Å². The predicted molar refractivity (Wildman–Crippen MR) is 70.6 cm³/mol. The van der Waals surface area contributed by atoms with Crippen LogP contribution in [0.1, 0.15) is 42.1 Å². The van der Waals surface area contributed by atoms with E-state index in [4.69, 9.17) is 0 Å². The van der Waals surface area contributed by atoms with Crippen molar-refractivity contribution in [2.45, 2.75) is 32.6 Å². The number of hydrogen-bond acceptors (Lipinski definition) is 2. The Morgan fingerprint density at radius 1 is 1.39 bits per heavy atom. The van der Waals surface area contributed by atoms with Gasteiger partial charge in [-0.2, -0.15) is 0 Å². The van der Waals surface area contributed by atoms with Gasteiger partial charge in [0.2, 0.25) is 5.91 Å². The van der Waals surface area contributed by atoms with Crippen molar-refractivity contribution in [3.05, 3.63) is 29.3 Å². The smallest absolute Gasteiger partial charge is 0.251 e. The van der Waals surface area contributed by atoms with Crippen LogP contribution in [-0.4, -0.2) is 18.4 Å². The Balaban J connectivity index is 1.95. The van der Waals surface area contributed by atoms with Crippen molar-refractivity contribution in [1.29, 1.82) is 0 Å². The van der Waals surface area contributed by atoms with Gasteiger partial charge in [0.25, 0.3) is 5.91 Å². The number of carbonyl (C=O) groups excluding carboxylic acids is 2. The molecule has 0 saturated carbocycles. The molecule has 1 aromatic rings. The second-order valence-electron chi connectivity index (χ2n) is 4.56. The van der Waals surface area contributed by atoms with Crippen LogP contribution in [0.2, 0.25) is 0 Å². The van der Waals surface area contributed by atoms with Gasteiger partial charge in [0, 0.05) is 17.8 Å². The third-order valence-electron chi connectivity index (χ3n) is 3.06. The van der Waals surface area contributed by atoms with Gasteiger partial charge < -0.3 is 10.6 Å². The normalized spacial score (nSPS) is 13.1. The zero-order chi connectivity index (χ0) is 13.0. The molecule has 0 radical (unpaired) electrons. The maximum atomic E-state index is 11.9. The fraction of sp³-hybridized carbons (Fsp3) is 0.429. The van der Waals surface area contributed by atoms with Gasteiger partial charge >= 0.3 is 0 Å². The Bertz CT molecular complexity index is 469. The van der Waals surface area contributed by atoms with Gasteiger partial charge in [-0.1, -0.05) is 19.8 Å². The van der Waals surface area contributed by atoms with Crippen molar-refractivity contribution in [1.82, 2.24) is 5.32 Å². The molecule has 96 valence electrons. The molecule has 1 aliphatic heterocycles. The van der Waals surface area contributed by atoms with Gasteiger partial charge in [0.15, 0.2) is 0 Å². The van der Waals surface area contributed by atoms with Crippen molar-refractivity contribution >= 4 is 17.5 Å². The second-order valence-corrected chi connectivity index (χ2v) is 4.56. The molecule has 0 aromatic heterocycles. The number of amides is 2. The molecule has 2 amide bonds. The summed E-state index contributed by atoms with van der Waals surface area (Å²) in [7, 11) is 0. The molecule has 1 heterocycles. The topological polar surface area (TPSA) is 58.2 Å². The molecule has 18 heavy (non-hydrogen) atoms. The van der Waals surface area contributed by atoms with Gasteiger partial charge in [0.05, 0.1) is 6.42 Å². The van der Waals surface area contributed by atoms with Crippen LogP contribution in [0.5, 0.6) is 0 Å². The molecule has 0 atom stereocenters. The first-order valence-electron chi connectivity index (χ1n) is 6.41. The summed E-state index contributed by atoms with van der Waals surface area (Å²) in [4.78, 5) is 23.1. The number of benzene rings is 1. The van der Waals surface area contributed by atoms with Crippen LogP contribution in [-0.2, 0) is 11.2 Å². The monoisotopic (exact) mass is 246 g/mol. The molecule has 4 heteroatoms. The summed E-state index contributed by atoms with van der Waals surface area (Å²) in [5.74, 6) is -0.0706. The number of anilines is 1. The lowest BCUT2D eigenvalue weighted by Crippen LogP contribution is -2.24. The van der Waals surface area contributed by atoms with Crippen LogP contribution in [0.25, 0.3) is 0 Å². The van der Waals surface area contributed by atoms with E-state index in [1.54, 1.807) is 18.2 Å². The highest BCUT2D eigenvalue weighted by Crippen LogP contribution is 2.23. The van der Waals surface area contributed by atoms with E-state index in [9.17, 15) is 9.59 Å². The summed E-state index contributed by atoms with van der Waals surface area (Å²) in [5, 5.41) is 5.64.